The molecule has 2 saturated heterocycles. The zero-order valence-corrected chi connectivity index (χ0v) is 11.9. The first-order valence-electron chi connectivity index (χ1n) is 6.88. The Morgan fingerprint density at radius 1 is 1.55 bits per heavy atom. The van der Waals surface area contributed by atoms with Crippen LogP contribution < -0.4 is 5.32 Å². The van der Waals surface area contributed by atoms with Gasteiger partial charge in [-0.2, -0.15) is 15.4 Å². The predicted molar refractivity (Wildman–Crippen MR) is 70.4 cm³/mol. The summed E-state index contributed by atoms with van der Waals surface area (Å²) in [5.74, 6) is -0.472. The lowest BCUT2D eigenvalue weighted by Crippen LogP contribution is -2.63. The molecule has 0 aliphatic carbocycles. The van der Waals surface area contributed by atoms with Crippen LogP contribution in [0.15, 0.2) is 6.20 Å². The summed E-state index contributed by atoms with van der Waals surface area (Å²) in [6.07, 6.45) is -0.727. The highest BCUT2D eigenvalue weighted by atomic mass is 16.5. The zero-order chi connectivity index (χ0) is 15.9. The molecule has 0 radical (unpaired) electrons. The highest BCUT2D eigenvalue weighted by Gasteiger charge is 2.49. The van der Waals surface area contributed by atoms with Gasteiger partial charge >= 0.3 is 6.03 Å². The van der Waals surface area contributed by atoms with E-state index < -0.39 is 35.8 Å². The van der Waals surface area contributed by atoms with E-state index in [9.17, 15) is 14.7 Å². The molecule has 0 spiro atoms. The van der Waals surface area contributed by atoms with Crippen molar-refractivity contribution in [1.29, 1.82) is 0 Å². The molecule has 3 rings (SSSR count). The molecule has 10 heteroatoms. The lowest BCUT2D eigenvalue weighted by molar-refractivity contribution is -0.131. The van der Waals surface area contributed by atoms with E-state index in [1.807, 2.05) is 0 Å². The van der Waals surface area contributed by atoms with Gasteiger partial charge in [-0.25, -0.2) is 4.79 Å². The number of amides is 3. The van der Waals surface area contributed by atoms with Crippen molar-refractivity contribution in [1.82, 2.24) is 25.6 Å². The number of ether oxygens (including phenoxy) is 1. The maximum atomic E-state index is 12.2. The fourth-order valence-electron chi connectivity index (χ4n) is 2.76. The quantitative estimate of drug-likeness (QED) is 0.510. The summed E-state index contributed by atoms with van der Waals surface area (Å²) >= 11 is 0. The minimum absolute atomic E-state index is 0.0414. The Labute approximate surface area is 125 Å². The highest BCUT2D eigenvalue weighted by Crippen LogP contribution is 2.31. The Morgan fingerprint density at radius 3 is 2.91 bits per heavy atom. The first-order chi connectivity index (χ1) is 10.5. The van der Waals surface area contributed by atoms with Gasteiger partial charge in [0.05, 0.1) is 24.6 Å². The highest BCUT2D eigenvalue weighted by molar-refractivity contribution is 6.02. The summed E-state index contributed by atoms with van der Waals surface area (Å²) in [6.45, 7) is 1.35. The Hall–Kier alpha value is -2.04. The summed E-state index contributed by atoms with van der Waals surface area (Å²) in [5, 5.41) is 31.3. The number of H-pyrrole nitrogens is 1. The lowest BCUT2D eigenvalue weighted by atomic mass is 9.84. The Kier molecular flexibility index (Phi) is 3.59. The molecule has 1 aromatic heterocycles. The van der Waals surface area contributed by atoms with Gasteiger partial charge in [0.25, 0.3) is 0 Å². The first kappa shape index (κ1) is 14.9. The van der Waals surface area contributed by atoms with Crippen LogP contribution in [0.5, 0.6) is 0 Å². The fourth-order valence-corrected chi connectivity index (χ4v) is 2.76. The minimum Gasteiger partial charge on any atom is -0.394 e. The van der Waals surface area contributed by atoms with Crippen LogP contribution in [0.1, 0.15) is 19.0 Å². The maximum Gasteiger partial charge on any atom is 0.326 e. The van der Waals surface area contributed by atoms with Gasteiger partial charge in [-0.3, -0.25) is 15.0 Å². The molecule has 3 amide bonds. The number of hydrogen-bond acceptors (Lipinski definition) is 7. The summed E-state index contributed by atoms with van der Waals surface area (Å²) in [7, 11) is 0. The maximum absolute atomic E-state index is 12.2. The van der Waals surface area contributed by atoms with Crippen molar-refractivity contribution < 1.29 is 24.5 Å². The van der Waals surface area contributed by atoms with E-state index >= 15 is 0 Å². The van der Waals surface area contributed by atoms with E-state index in [4.69, 9.17) is 9.84 Å². The van der Waals surface area contributed by atoms with Gasteiger partial charge in [0.1, 0.15) is 17.7 Å². The van der Waals surface area contributed by atoms with E-state index in [1.165, 1.54) is 11.1 Å². The van der Waals surface area contributed by atoms with E-state index in [0.29, 0.717) is 5.69 Å². The predicted octanol–water partition coefficient (Wildman–Crippen LogP) is -1.92. The van der Waals surface area contributed by atoms with Gasteiger partial charge in [-0.1, -0.05) is 0 Å². The van der Waals surface area contributed by atoms with Crippen LogP contribution in [0.3, 0.4) is 0 Å². The number of carbonyl (C=O) groups is 2. The molecular formula is C12H17N5O5. The normalized spacial score (nSPS) is 35.8. The largest absolute Gasteiger partial charge is 0.394 e. The second-order valence-electron chi connectivity index (χ2n) is 5.69. The van der Waals surface area contributed by atoms with Crippen LogP contribution in [0.2, 0.25) is 0 Å². The van der Waals surface area contributed by atoms with Crippen molar-refractivity contribution in [3.63, 3.8) is 0 Å². The average Bonchev–Trinajstić information content (AvgIpc) is 3.12. The Balaban J connectivity index is 1.84. The summed E-state index contributed by atoms with van der Waals surface area (Å²) in [4.78, 5) is 25.6. The lowest BCUT2D eigenvalue weighted by Gasteiger charge is -2.40. The standard InChI is InChI=1S/C12H17N5O5/c1-12(8-3-13-16-15-8)5-17(11(21)14-10(12)20)9-2-6(19)7(4-18)22-9/h3,6-7,9,18-19H,2,4-5H2,1H3,(H,13,15,16)(H,14,20,21)/t6-,7+,9+,12?/m0/s1. The number of imide groups is 1. The number of aromatic amines is 1. The van der Waals surface area contributed by atoms with Crippen LogP contribution >= 0.6 is 0 Å². The smallest absolute Gasteiger partial charge is 0.326 e. The third-order valence-corrected chi connectivity index (χ3v) is 4.18. The number of rotatable bonds is 3. The van der Waals surface area contributed by atoms with E-state index in [2.05, 4.69) is 20.7 Å². The molecule has 4 N–H and O–H groups in total. The van der Waals surface area contributed by atoms with Crippen molar-refractivity contribution in [2.75, 3.05) is 13.2 Å². The van der Waals surface area contributed by atoms with Gasteiger partial charge in [0.2, 0.25) is 5.91 Å². The molecule has 0 aromatic carbocycles. The number of urea groups is 1. The second-order valence-corrected chi connectivity index (χ2v) is 5.69. The molecule has 2 aliphatic rings. The number of nitrogens with one attached hydrogen (secondary N) is 2. The monoisotopic (exact) mass is 311 g/mol. The number of aliphatic hydroxyl groups excluding tert-OH is 2. The average molecular weight is 311 g/mol. The van der Waals surface area contributed by atoms with Crippen LogP contribution in [-0.4, -0.2) is 74.0 Å². The fraction of sp³-hybridized carbons (Fsp3) is 0.667. The van der Waals surface area contributed by atoms with Crippen molar-refractivity contribution in [3.8, 4) is 0 Å². The molecule has 4 atom stereocenters. The van der Waals surface area contributed by atoms with E-state index in [-0.39, 0.29) is 19.6 Å². The zero-order valence-electron chi connectivity index (χ0n) is 11.9. The summed E-state index contributed by atoms with van der Waals surface area (Å²) in [5.41, 5.74) is -0.674. The van der Waals surface area contributed by atoms with Crippen molar-refractivity contribution in [3.05, 3.63) is 11.9 Å². The molecular weight excluding hydrogens is 294 g/mol. The third kappa shape index (κ3) is 2.25. The third-order valence-electron chi connectivity index (χ3n) is 4.18. The molecule has 22 heavy (non-hydrogen) atoms. The molecule has 0 bridgehead atoms. The number of aliphatic hydroxyl groups is 2. The van der Waals surface area contributed by atoms with Gasteiger partial charge in [-0.15, -0.1) is 0 Å². The number of carbonyl (C=O) groups excluding carboxylic acids is 2. The van der Waals surface area contributed by atoms with Crippen molar-refractivity contribution in [2.24, 2.45) is 0 Å². The minimum atomic E-state index is -1.08. The van der Waals surface area contributed by atoms with Crippen LogP contribution in [0.25, 0.3) is 0 Å². The van der Waals surface area contributed by atoms with E-state index in [1.54, 1.807) is 6.92 Å². The number of aromatic nitrogens is 3. The van der Waals surface area contributed by atoms with Crippen LogP contribution in [0, 0.1) is 0 Å². The Bertz CT molecular complexity index is 578. The molecule has 3 heterocycles. The molecule has 2 aliphatic heterocycles. The second kappa shape index (κ2) is 5.30. The number of nitrogens with zero attached hydrogens (tertiary/aromatic N) is 3. The van der Waals surface area contributed by atoms with E-state index in [0.717, 1.165) is 0 Å². The van der Waals surface area contributed by atoms with Gasteiger partial charge in [0, 0.05) is 13.0 Å². The van der Waals surface area contributed by atoms with Gasteiger partial charge in [-0.05, 0) is 6.92 Å². The molecule has 120 valence electrons. The SMILES string of the molecule is CC1(c2cn[nH]n2)CN([C@H]2C[C@H](O)[C@@H](CO)O2)C(=O)NC1=O. The van der Waals surface area contributed by atoms with Crippen LogP contribution in [0.4, 0.5) is 4.79 Å². The van der Waals surface area contributed by atoms with Crippen molar-refractivity contribution >= 4 is 11.9 Å². The molecule has 1 aromatic rings. The van der Waals surface area contributed by atoms with Crippen molar-refractivity contribution in [2.45, 2.75) is 37.2 Å². The summed E-state index contributed by atoms with van der Waals surface area (Å²) < 4.78 is 5.49. The molecule has 1 unspecified atom stereocenters. The number of hydrogen-bond donors (Lipinski definition) is 4. The summed E-state index contributed by atoms with van der Waals surface area (Å²) in [6, 6.07) is -0.596. The molecule has 10 nitrogen and oxygen atoms in total. The molecule has 0 saturated carbocycles. The topological polar surface area (TPSA) is 141 Å². The first-order valence-corrected chi connectivity index (χ1v) is 6.88. The molecule has 2 fully saturated rings. The van der Waals surface area contributed by atoms with Gasteiger partial charge in [0.15, 0.2) is 0 Å². The van der Waals surface area contributed by atoms with Crippen LogP contribution in [-0.2, 0) is 14.9 Å². The van der Waals surface area contributed by atoms with Gasteiger partial charge < -0.3 is 14.9 Å². The Morgan fingerprint density at radius 2 is 2.32 bits per heavy atom.